The molecule has 112 valence electrons. The predicted molar refractivity (Wildman–Crippen MR) is 78.5 cm³/mol. The summed E-state index contributed by atoms with van der Waals surface area (Å²) >= 11 is 0. The van der Waals surface area contributed by atoms with Gasteiger partial charge in [0, 0.05) is 39.0 Å². The van der Waals surface area contributed by atoms with E-state index in [1.807, 2.05) is 0 Å². The summed E-state index contributed by atoms with van der Waals surface area (Å²) in [6.45, 7) is 0. The Bertz CT molecular complexity index is 765. The second kappa shape index (κ2) is 5.66. The molecule has 2 aromatic rings. The SMILES string of the molecule is CN(C)S(=O)(=O)c1cccc(C(=O)Nc2ccn(C)n2)c1. The number of benzene rings is 1. The normalized spacial score (nSPS) is 11.6. The molecule has 0 spiro atoms. The highest BCUT2D eigenvalue weighted by Gasteiger charge is 2.18. The Morgan fingerprint density at radius 3 is 2.57 bits per heavy atom. The number of nitrogens with zero attached hydrogens (tertiary/aromatic N) is 3. The summed E-state index contributed by atoms with van der Waals surface area (Å²) in [5.41, 5.74) is 0.253. The van der Waals surface area contributed by atoms with Gasteiger partial charge in [0.1, 0.15) is 0 Å². The molecule has 0 saturated heterocycles. The lowest BCUT2D eigenvalue weighted by atomic mass is 10.2. The summed E-state index contributed by atoms with van der Waals surface area (Å²) in [7, 11) is 1.05. The zero-order chi connectivity index (χ0) is 15.6. The van der Waals surface area contributed by atoms with Gasteiger partial charge in [-0.15, -0.1) is 0 Å². The van der Waals surface area contributed by atoms with Crippen LogP contribution in [0.4, 0.5) is 5.82 Å². The zero-order valence-corrected chi connectivity index (χ0v) is 12.8. The molecule has 0 aliphatic carbocycles. The first-order valence-electron chi connectivity index (χ1n) is 6.14. The molecule has 1 N–H and O–H groups in total. The van der Waals surface area contributed by atoms with Crippen LogP contribution in [0.5, 0.6) is 0 Å². The minimum Gasteiger partial charge on any atom is -0.305 e. The van der Waals surface area contributed by atoms with E-state index in [1.54, 1.807) is 30.1 Å². The number of anilines is 1. The van der Waals surface area contributed by atoms with E-state index in [-0.39, 0.29) is 10.5 Å². The summed E-state index contributed by atoms with van der Waals surface area (Å²) in [5, 5.41) is 6.64. The van der Waals surface area contributed by atoms with E-state index in [2.05, 4.69) is 10.4 Å². The van der Waals surface area contributed by atoms with Gasteiger partial charge >= 0.3 is 0 Å². The van der Waals surface area contributed by atoms with Crippen LogP contribution in [0, 0.1) is 0 Å². The first-order valence-corrected chi connectivity index (χ1v) is 7.58. The highest BCUT2D eigenvalue weighted by Crippen LogP contribution is 2.15. The van der Waals surface area contributed by atoms with Crippen LogP contribution in [0.15, 0.2) is 41.4 Å². The smallest absolute Gasteiger partial charge is 0.256 e. The highest BCUT2D eigenvalue weighted by molar-refractivity contribution is 7.89. The van der Waals surface area contributed by atoms with Crippen molar-refractivity contribution in [3.63, 3.8) is 0 Å². The lowest BCUT2D eigenvalue weighted by Crippen LogP contribution is -2.22. The van der Waals surface area contributed by atoms with E-state index in [4.69, 9.17) is 0 Å². The largest absolute Gasteiger partial charge is 0.305 e. The molecule has 0 saturated carbocycles. The van der Waals surface area contributed by atoms with Crippen LogP contribution in [-0.4, -0.2) is 42.5 Å². The van der Waals surface area contributed by atoms with Gasteiger partial charge in [-0.1, -0.05) is 6.07 Å². The van der Waals surface area contributed by atoms with Crippen LogP contribution in [0.2, 0.25) is 0 Å². The second-order valence-corrected chi connectivity index (χ2v) is 6.80. The molecule has 1 aromatic carbocycles. The number of hydrogen-bond acceptors (Lipinski definition) is 4. The van der Waals surface area contributed by atoms with Crippen LogP contribution in [0.3, 0.4) is 0 Å². The number of rotatable bonds is 4. The van der Waals surface area contributed by atoms with Gasteiger partial charge in [0.05, 0.1) is 4.90 Å². The number of carbonyl (C=O) groups is 1. The number of carbonyl (C=O) groups excluding carboxylic acids is 1. The van der Waals surface area contributed by atoms with Gasteiger partial charge in [-0.25, -0.2) is 12.7 Å². The molecule has 2 rings (SSSR count). The molecule has 0 atom stereocenters. The van der Waals surface area contributed by atoms with Crippen molar-refractivity contribution in [2.45, 2.75) is 4.90 Å². The Morgan fingerprint density at radius 2 is 2.00 bits per heavy atom. The molecule has 0 aliphatic rings. The molecule has 0 fully saturated rings. The summed E-state index contributed by atoms with van der Waals surface area (Å²) in [5.74, 6) is -0.00660. The lowest BCUT2D eigenvalue weighted by Gasteiger charge is -2.12. The number of aryl methyl sites for hydroxylation is 1. The fraction of sp³-hybridized carbons (Fsp3) is 0.231. The molecule has 0 radical (unpaired) electrons. The Kier molecular flexibility index (Phi) is 4.10. The maximum atomic E-state index is 12.1. The van der Waals surface area contributed by atoms with Gasteiger partial charge in [-0.3, -0.25) is 9.48 Å². The van der Waals surface area contributed by atoms with E-state index in [1.165, 1.54) is 32.3 Å². The minimum atomic E-state index is -3.57. The molecular weight excluding hydrogens is 292 g/mol. The first-order chi connectivity index (χ1) is 9.80. The van der Waals surface area contributed by atoms with Gasteiger partial charge in [-0.05, 0) is 18.2 Å². The van der Waals surface area contributed by atoms with Crippen molar-refractivity contribution in [2.75, 3.05) is 19.4 Å². The Morgan fingerprint density at radius 1 is 1.29 bits per heavy atom. The van der Waals surface area contributed by atoms with Gasteiger partial charge in [0.2, 0.25) is 10.0 Å². The van der Waals surface area contributed by atoms with Crippen molar-refractivity contribution in [3.05, 3.63) is 42.1 Å². The molecule has 1 heterocycles. The predicted octanol–water partition coefficient (Wildman–Crippen LogP) is 0.923. The molecule has 0 bridgehead atoms. The molecule has 8 heteroatoms. The number of sulfonamides is 1. The third kappa shape index (κ3) is 3.29. The van der Waals surface area contributed by atoms with Crippen molar-refractivity contribution in [3.8, 4) is 0 Å². The monoisotopic (exact) mass is 308 g/mol. The number of amides is 1. The third-order valence-electron chi connectivity index (χ3n) is 2.83. The molecule has 1 amide bonds. The fourth-order valence-electron chi connectivity index (χ4n) is 1.68. The summed E-state index contributed by atoms with van der Waals surface area (Å²) in [4.78, 5) is 12.2. The minimum absolute atomic E-state index is 0.0705. The van der Waals surface area contributed by atoms with Crippen LogP contribution >= 0.6 is 0 Å². The maximum absolute atomic E-state index is 12.1. The standard InChI is InChI=1S/C13H16N4O3S/c1-16(2)21(19,20)11-6-4-5-10(9-11)13(18)14-12-7-8-17(3)15-12/h4-9H,1-3H3,(H,14,15,18). The van der Waals surface area contributed by atoms with Crippen molar-refractivity contribution in [1.82, 2.24) is 14.1 Å². The van der Waals surface area contributed by atoms with E-state index in [0.717, 1.165) is 4.31 Å². The average Bonchev–Trinajstić information content (AvgIpc) is 2.84. The quantitative estimate of drug-likeness (QED) is 0.910. The third-order valence-corrected chi connectivity index (χ3v) is 4.64. The Hall–Kier alpha value is -2.19. The number of aromatic nitrogens is 2. The Balaban J connectivity index is 2.27. The number of hydrogen-bond donors (Lipinski definition) is 1. The van der Waals surface area contributed by atoms with Gasteiger partial charge < -0.3 is 5.32 Å². The molecule has 0 unspecified atom stereocenters. The van der Waals surface area contributed by atoms with E-state index >= 15 is 0 Å². The van der Waals surface area contributed by atoms with E-state index < -0.39 is 15.9 Å². The van der Waals surface area contributed by atoms with Gasteiger partial charge in [0.25, 0.3) is 5.91 Å². The molecule has 0 aliphatic heterocycles. The molecular formula is C13H16N4O3S. The summed E-state index contributed by atoms with van der Waals surface area (Å²) in [6, 6.07) is 7.52. The summed E-state index contributed by atoms with van der Waals surface area (Å²) in [6.07, 6.45) is 1.70. The number of nitrogens with one attached hydrogen (secondary N) is 1. The van der Waals surface area contributed by atoms with Crippen LogP contribution in [0.25, 0.3) is 0 Å². The van der Waals surface area contributed by atoms with E-state index in [0.29, 0.717) is 5.82 Å². The maximum Gasteiger partial charge on any atom is 0.256 e. The second-order valence-electron chi connectivity index (χ2n) is 4.64. The van der Waals surface area contributed by atoms with Crippen molar-refractivity contribution < 1.29 is 13.2 Å². The highest BCUT2D eigenvalue weighted by atomic mass is 32.2. The van der Waals surface area contributed by atoms with Crippen molar-refractivity contribution in [2.24, 2.45) is 7.05 Å². The van der Waals surface area contributed by atoms with Crippen molar-refractivity contribution >= 4 is 21.7 Å². The van der Waals surface area contributed by atoms with Crippen LogP contribution < -0.4 is 5.32 Å². The van der Waals surface area contributed by atoms with Crippen LogP contribution in [-0.2, 0) is 17.1 Å². The topological polar surface area (TPSA) is 84.3 Å². The first kappa shape index (κ1) is 15.2. The zero-order valence-electron chi connectivity index (χ0n) is 11.9. The van der Waals surface area contributed by atoms with Crippen LogP contribution in [0.1, 0.15) is 10.4 Å². The molecule has 7 nitrogen and oxygen atoms in total. The lowest BCUT2D eigenvalue weighted by molar-refractivity contribution is 0.102. The van der Waals surface area contributed by atoms with Crippen molar-refractivity contribution in [1.29, 1.82) is 0 Å². The Labute approximate surface area is 123 Å². The molecule has 1 aromatic heterocycles. The fourth-order valence-corrected chi connectivity index (χ4v) is 2.63. The molecule has 21 heavy (non-hydrogen) atoms. The van der Waals surface area contributed by atoms with Gasteiger partial charge in [-0.2, -0.15) is 5.10 Å². The average molecular weight is 308 g/mol. The van der Waals surface area contributed by atoms with Gasteiger partial charge in [0.15, 0.2) is 5.82 Å². The summed E-state index contributed by atoms with van der Waals surface area (Å²) < 4.78 is 26.8. The van der Waals surface area contributed by atoms with E-state index in [9.17, 15) is 13.2 Å².